The summed E-state index contributed by atoms with van der Waals surface area (Å²) >= 11 is 0. The summed E-state index contributed by atoms with van der Waals surface area (Å²) in [5.41, 5.74) is 0.350. The van der Waals surface area contributed by atoms with Crippen molar-refractivity contribution in [3.8, 4) is 35.4 Å². The molecule has 0 amide bonds. The number of terminal acetylenes is 1. The van der Waals surface area contributed by atoms with Gasteiger partial charge in [-0.15, -0.1) is 6.42 Å². The van der Waals surface area contributed by atoms with Crippen LogP contribution in [0.15, 0.2) is 24.3 Å². The highest BCUT2D eigenvalue weighted by Gasteiger charge is 2.49. The quantitative estimate of drug-likeness (QED) is 0.287. The number of aromatic hydroxyl groups is 1. The molecule has 2 aromatic carbocycles. The van der Waals surface area contributed by atoms with Crippen LogP contribution in [-0.4, -0.2) is 81.0 Å². The van der Waals surface area contributed by atoms with Crippen molar-refractivity contribution in [3.05, 3.63) is 47.2 Å². The normalized spacial score (nSPS) is 28.3. The number of nitrogens with zero attached hydrogens (tertiary/aromatic N) is 5. The summed E-state index contributed by atoms with van der Waals surface area (Å²) in [6.07, 6.45) is 11.4. The Morgan fingerprint density at radius 2 is 1.98 bits per heavy atom. The fourth-order valence-corrected chi connectivity index (χ4v) is 9.20. The van der Waals surface area contributed by atoms with Gasteiger partial charge in [0.15, 0.2) is 5.82 Å². The minimum absolute atomic E-state index is 0.0314. The van der Waals surface area contributed by atoms with E-state index in [0.29, 0.717) is 59.1 Å². The van der Waals surface area contributed by atoms with Crippen molar-refractivity contribution in [2.24, 2.45) is 0 Å². The molecule has 5 aliphatic heterocycles. The number of hydrogen-bond donors (Lipinski definition) is 2. The van der Waals surface area contributed by atoms with Crippen LogP contribution in [0.5, 0.6) is 11.8 Å². The van der Waals surface area contributed by atoms with Crippen LogP contribution in [0.2, 0.25) is 0 Å². The molecule has 0 saturated carbocycles. The molecule has 0 aliphatic carbocycles. The fourth-order valence-electron chi connectivity index (χ4n) is 9.20. The van der Waals surface area contributed by atoms with E-state index in [1.807, 2.05) is 0 Å². The van der Waals surface area contributed by atoms with Gasteiger partial charge in [0, 0.05) is 48.6 Å². The van der Waals surface area contributed by atoms with Gasteiger partial charge in [-0.2, -0.15) is 9.97 Å². The number of piperazine rings is 1. The third kappa shape index (κ3) is 4.48. The molecule has 0 radical (unpaired) electrons. The van der Waals surface area contributed by atoms with Gasteiger partial charge in [-0.1, -0.05) is 12.0 Å². The summed E-state index contributed by atoms with van der Waals surface area (Å²) in [5, 5.41) is 15.7. The number of anilines is 1. The number of halogens is 3. The summed E-state index contributed by atoms with van der Waals surface area (Å²) in [4.78, 5) is 19.0. The average molecular weight is 641 g/mol. The second-order valence-corrected chi connectivity index (χ2v) is 14.0. The van der Waals surface area contributed by atoms with Crippen LogP contribution >= 0.6 is 0 Å². The average Bonchev–Trinajstić information content (AvgIpc) is 3.72. The van der Waals surface area contributed by atoms with Crippen LogP contribution < -0.4 is 15.0 Å². The van der Waals surface area contributed by atoms with E-state index in [2.05, 4.69) is 21.0 Å². The Labute approximate surface area is 270 Å². The van der Waals surface area contributed by atoms with Crippen LogP contribution in [0, 0.1) is 24.0 Å². The number of ether oxygens (including phenoxy) is 1. The maximum atomic E-state index is 17.2. The molecular weight excluding hydrogens is 605 g/mol. The first-order valence-electron chi connectivity index (χ1n) is 16.7. The van der Waals surface area contributed by atoms with Gasteiger partial charge in [0.1, 0.15) is 41.4 Å². The molecule has 8 nitrogen and oxygen atoms in total. The van der Waals surface area contributed by atoms with Crippen molar-refractivity contribution in [3.63, 3.8) is 0 Å². The molecular formula is C36H35F3N6O2. The van der Waals surface area contributed by atoms with Crippen LogP contribution in [0.4, 0.5) is 19.0 Å². The topological polar surface area (TPSA) is 86.6 Å². The third-order valence-corrected chi connectivity index (χ3v) is 11.2. The Hall–Kier alpha value is -4.14. The molecule has 4 saturated heterocycles. The molecule has 2 N–H and O–H groups in total. The molecule has 7 heterocycles. The minimum Gasteiger partial charge on any atom is -0.508 e. The molecule has 5 aliphatic rings. The van der Waals surface area contributed by atoms with E-state index in [4.69, 9.17) is 26.1 Å². The summed E-state index contributed by atoms with van der Waals surface area (Å²) in [5.74, 6) is 1.55. The molecule has 5 atom stereocenters. The number of phenols is 1. The molecule has 47 heavy (non-hydrogen) atoms. The number of alkyl halides is 1. The van der Waals surface area contributed by atoms with E-state index in [9.17, 15) is 13.9 Å². The lowest BCUT2D eigenvalue weighted by molar-refractivity contribution is 0.107. The first kappa shape index (κ1) is 29.0. The zero-order valence-corrected chi connectivity index (χ0v) is 25.9. The van der Waals surface area contributed by atoms with Gasteiger partial charge in [-0.3, -0.25) is 4.90 Å². The molecule has 2 aromatic heterocycles. The van der Waals surface area contributed by atoms with Crippen LogP contribution in [0.1, 0.15) is 56.2 Å². The van der Waals surface area contributed by atoms with Crippen molar-refractivity contribution >= 4 is 27.5 Å². The highest BCUT2D eigenvalue weighted by Crippen LogP contribution is 2.44. The van der Waals surface area contributed by atoms with Gasteiger partial charge in [0.05, 0.1) is 22.2 Å². The second-order valence-electron chi connectivity index (χ2n) is 14.0. The molecule has 11 heteroatoms. The van der Waals surface area contributed by atoms with Crippen molar-refractivity contribution in [1.29, 1.82) is 0 Å². The molecule has 242 valence electrons. The molecule has 0 spiro atoms. The molecule has 4 fully saturated rings. The number of fused-ring (bicyclic) bond motifs is 7. The monoisotopic (exact) mass is 640 g/mol. The smallest absolute Gasteiger partial charge is 0.319 e. The van der Waals surface area contributed by atoms with Gasteiger partial charge >= 0.3 is 6.01 Å². The Morgan fingerprint density at radius 3 is 2.85 bits per heavy atom. The Kier molecular flexibility index (Phi) is 6.60. The zero-order valence-electron chi connectivity index (χ0n) is 25.9. The van der Waals surface area contributed by atoms with Crippen molar-refractivity contribution in [2.45, 2.75) is 81.2 Å². The van der Waals surface area contributed by atoms with Crippen molar-refractivity contribution in [2.75, 3.05) is 31.1 Å². The minimum atomic E-state index is -0.912. The Bertz CT molecular complexity index is 2000. The van der Waals surface area contributed by atoms with E-state index < -0.39 is 23.3 Å². The Morgan fingerprint density at radius 1 is 1.09 bits per heavy atom. The van der Waals surface area contributed by atoms with E-state index >= 15 is 4.39 Å². The standard InChI is InChI=1S/C36H35F3N6O2/c1-2-23-25(38)9-7-19-13-22(46)14-24(29(19)23)32-31(39)33-30-27(41-32)5-3-6-28-26-10-8-21(40-26)17-45(28)34(30)43-35(42-33)47-18-36-11-4-12-44(36)16-20(37)15-36/h1,7,9,13-14,20-21,26,28,40,46H,3-6,8,10-12,15-18H2/t20-,21-,26+,28+,36+/m1/s1. The first-order chi connectivity index (χ1) is 22.8. The summed E-state index contributed by atoms with van der Waals surface area (Å²) in [6.45, 7) is 2.15. The first-order valence-corrected chi connectivity index (χ1v) is 16.7. The summed E-state index contributed by atoms with van der Waals surface area (Å²) in [6, 6.07) is 6.42. The summed E-state index contributed by atoms with van der Waals surface area (Å²) in [7, 11) is 0. The van der Waals surface area contributed by atoms with Crippen LogP contribution in [0.3, 0.4) is 0 Å². The van der Waals surface area contributed by atoms with Gasteiger partial charge in [0.2, 0.25) is 0 Å². The predicted molar refractivity (Wildman–Crippen MR) is 172 cm³/mol. The van der Waals surface area contributed by atoms with Crippen LogP contribution in [0.25, 0.3) is 32.9 Å². The van der Waals surface area contributed by atoms with Gasteiger partial charge in [-0.05, 0) is 75.1 Å². The molecule has 4 aromatic rings. The molecule has 2 bridgehead atoms. The van der Waals surface area contributed by atoms with Crippen molar-refractivity contribution < 1.29 is 23.0 Å². The van der Waals surface area contributed by atoms with Crippen molar-refractivity contribution in [1.82, 2.24) is 25.2 Å². The number of rotatable bonds is 4. The fraction of sp³-hybridized carbons (Fsp3) is 0.472. The lowest BCUT2D eigenvalue weighted by atomic mass is 9.92. The number of aryl methyl sites for hydroxylation is 1. The van der Waals surface area contributed by atoms with E-state index in [1.165, 1.54) is 24.3 Å². The van der Waals surface area contributed by atoms with Gasteiger partial charge in [0.25, 0.3) is 0 Å². The third-order valence-electron chi connectivity index (χ3n) is 11.2. The second kappa shape index (κ2) is 10.7. The zero-order chi connectivity index (χ0) is 32.0. The SMILES string of the molecule is C#Cc1c(F)ccc2cc(O)cc(-c3nc4c5c(nc(OC[C@@]67CCCN6C[C@H](F)C7)nc5c3F)N3C[C@H]5CC[C@H](N5)[C@@H]3CCC4)c12. The van der Waals surface area contributed by atoms with E-state index in [1.54, 1.807) is 0 Å². The Balaban J connectivity index is 1.26. The largest absolute Gasteiger partial charge is 0.508 e. The molecule has 0 unspecified atom stereocenters. The van der Waals surface area contributed by atoms with Gasteiger partial charge < -0.3 is 20.1 Å². The highest BCUT2D eigenvalue weighted by molar-refractivity contribution is 6.03. The maximum Gasteiger partial charge on any atom is 0.319 e. The number of phenolic OH excluding ortho intramolecular Hbond substituents is 1. The number of pyridine rings is 1. The lowest BCUT2D eigenvalue weighted by Crippen LogP contribution is -2.58. The highest BCUT2D eigenvalue weighted by atomic mass is 19.1. The predicted octanol–water partition coefficient (Wildman–Crippen LogP) is 5.41. The van der Waals surface area contributed by atoms with Crippen LogP contribution in [-0.2, 0) is 6.42 Å². The molecule has 9 rings (SSSR count). The summed E-state index contributed by atoms with van der Waals surface area (Å²) < 4.78 is 53.1. The lowest BCUT2D eigenvalue weighted by Gasteiger charge is -2.43. The van der Waals surface area contributed by atoms with E-state index in [0.717, 1.165) is 51.6 Å². The number of aromatic nitrogens is 3. The number of hydrogen-bond acceptors (Lipinski definition) is 8. The van der Waals surface area contributed by atoms with E-state index in [-0.39, 0.29) is 46.7 Å². The number of benzene rings is 2. The van der Waals surface area contributed by atoms with Gasteiger partial charge in [-0.25, -0.2) is 18.2 Å². The number of nitrogens with one attached hydrogen (secondary N) is 1. The maximum absolute atomic E-state index is 17.2.